The molecule has 0 aliphatic heterocycles. The molecule has 0 atom stereocenters. The molecule has 0 aliphatic rings. The zero-order valence-electron chi connectivity index (χ0n) is 16.0. The Kier molecular flexibility index (Phi) is 5.30. The molecule has 0 bridgehead atoms. The standard InChI is InChI=1S/C21H18N6OS2/c1-27(21(23)29)26-19(28)18-16(22)15-14(12-8-4-2-5-9-12)17(24-25-20(15)30-18)13-10-6-3-7-11-13/h2-11H,22H2,1H3,(H2,23,29)(H,26,28). The van der Waals surface area contributed by atoms with Gasteiger partial charge >= 0.3 is 0 Å². The molecule has 30 heavy (non-hydrogen) atoms. The molecule has 2 heterocycles. The van der Waals surface area contributed by atoms with E-state index in [4.69, 9.17) is 23.7 Å². The summed E-state index contributed by atoms with van der Waals surface area (Å²) in [5.41, 5.74) is 18.4. The maximum atomic E-state index is 12.8. The van der Waals surface area contributed by atoms with Crippen LogP contribution in [0.25, 0.3) is 32.6 Å². The van der Waals surface area contributed by atoms with Crippen LogP contribution >= 0.6 is 23.6 Å². The van der Waals surface area contributed by atoms with Crippen molar-refractivity contribution in [2.75, 3.05) is 12.8 Å². The van der Waals surface area contributed by atoms with Crippen molar-refractivity contribution in [3.8, 4) is 22.4 Å². The molecule has 5 N–H and O–H groups in total. The Balaban J connectivity index is 1.95. The monoisotopic (exact) mass is 434 g/mol. The highest BCUT2D eigenvalue weighted by molar-refractivity contribution is 7.80. The van der Waals surface area contributed by atoms with Crippen molar-refractivity contribution in [1.29, 1.82) is 0 Å². The molecule has 0 fully saturated rings. The van der Waals surface area contributed by atoms with Crippen molar-refractivity contribution in [3.63, 3.8) is 0 Å². The lowest BCUT2D eigenvalue weighted by molar-refractivity contribution is 0.0893. The number of anilines is 1. The Morgan fingerprint density at radius 3 is 2.23 bits per heavy atom. The molecule has 4 aromatic rings. The van der Waals surface area contributed by atoms with E-state index >= 15 is 0 Å². The quantitative estimate of drug-likeness (QED) is 0.335. The summed E-state index contributed by atoms with van der Waals surface area (Å²) in [5.74, 6) is -0.411. The van der Waals surface area contributed by atoms with E-state index in [1.165, 1.54) is 16.3 Å². The van der Waals surface area contributed by atoms with Crippen molar-refractivity contribution < 1.29 is 4.79 Å². The van der Waals surface area contributed by atoms with Crippen LogP contribution in [0.5, 0.6) is 0 Å². The summed E-state index contributed by atoms with van der Waals surface area (Å²) >= 11 is 6.06. The topological polar surface area (TPSA) is 110 Å². The number of carbonyl (C=O) groups is 1. The minimum absolute atomic E-state index is 0.0409. The van der Waals surface area contributed by atoms with Gasteiger partial charge in [-0.15, -0.1) is 21.5 Å². The first kappa shape index (κ1) is 19.7. The van der Waals surface area contributed by atoms with Gasteiger partial charge < -0.3 is 11.5 Å². The summed E-state index contributed by atoms with van der Waals surface area (Å²) in [4.78, 5) is 13.7. The summed E-state index contributed by atoms with van der Waals surface area (Å²) in [6.07, 6.45) is 0. The van der Waals surface area contributed by atoms with Gasteiger partial charge in [-0.25, -0.2) is 0 Å². The second kappa shape index (κ2) is 8.05. The van der Waals surface area contributed by atoms with Gasteiger partial charge in [0.25, 0.3) is 5.91 Å². The zero-order valence-corrected chi connectivity index (χ0v) is 17.6. The number of hydrogen-bond acceptors (Lipinski definition) is 6. The highest BCUT2D eigenvalue weighted by atomic mass is 32.1. The lowest BCUT2D eigenvalue weighted by Gasteiger charge is -2.17. The number of nitrogens with zero attached hydrogens (tertiary/aromatic N) is 3. The molecule has 0 spiro atoms. The van der Waals surface area contributed by atoms with Crippen molar-refractivity contribution in [2.24, 2.45) is 5.73 Å². The molecule has 0 saturated carbocycles. The number of carbonyl (C=O) groups excluding carboxylic acids is 1. The summed E-state index contributed by atoms with van der Waals surface area (Å²) in [5, 5.41) is 10.8. The van der Waals surface area contributed by atoms with Gasteiger partial charge in [0.05, 0.1) is 5.69 Å². The van der Waals surface area contributed by atoms with Gasteiger partial charge in [-0.3, -0.25) is 15.2 Å². The number of nitrogen functional groups attached to an aromatic ring is 1. The molecule has 1 amide bonds. The van der Waals surface area contributed by atoms with Gasteiger partial charge in [-0.05, 0) is 17.8 Å². The van der Waals surface area contributed by atoms with Crippen molar-refractivity contribution >= 4 is 50.5 Å². The first-order valence-electron chi connectivity index (χ1n) is 9.01. The number of hydrazine groups is 1. The van der Waals surface area contributed by atoms with Crippen LogP contribution in [-0.2, 0) is 0 Å². The lowest BCUT2D eigenvalue weighted by Crippen LogP contribution is -2.45. The third-order valence-corrected chi connectivity index (χ3v) is 5.93. The number of aromatic nitrogens is 2. The average Bonchev–Trinajstić information content (AvgIpc) is 3.11. The molecule has 7 nitrogen and oxygen atoms in total. The van der Waals surface area contributed by atoms with Crippen molar-refractivity contribution in [2.45, 2.75) is 0 Å². The maximum Gasteiger partial charge on any atom is 0.282 e. The highest BCUT2D eigenvalue weighted by Gasteiger charge is 2.24. The number of thiocarbonyl (C=S) groups is 1. The number of rotatable bonds is 3. The zero-order chi connectivity index (χ0) is 21.3. The van der Waals surface area contributed by atoms with Crippen LogP contribution in [0.3, 0.4) is 0 Å². The third kappa shape index (κ3) is 3.56. The molecule has 150 valence electrons. The first-order chi connectivity index (χ1) is 14.5. The van der Waals surface area contributed by atoms with Crippen LogP contribution in [0.4, 0.5) is 5.69 Å². The SMILES string of the molecule is CN(NC(=O)c1sc2nnc(-c3ccccc3)c(-c3ccccc3)c2c1N)C(N)=S. The Morgan fingerprint density at radius 1 is 1.03 bits per heavy atom. The first-order valence-corrected chi connectivity index (χ1v) is 10.2. The predicted octanol–water partition coefficient (Wildman–Crippen LogP) is 3.43. The van der Waals surface area contributed by atoms with Gasteiger partial charge in [0.15, 0.2) is 5.11 Å². The average molecular weight is 435 g/mol. The van der Waals surface area contributed by atoms with Gasteiger partial charge in [-0.2, -0.15) is 0 Å². The lowest BCUT2D eigenvalue weighted by atomic mass is 9.96. The second-order valence-electron chi connectivity index (χ2n) is 6.52. The van der Waals surface area contributed by atoms with Crippen LogP contribution in [0.15, 0.2) is 60.7 Å². The fourth-order valence-corrected chi connectivity index (χ4v) is 4.10. The van der Waals surface area contributed by atoms with E-state index < -0.39 is 5.91 Å². The molecule has 9 heteroatoms. The minimum Gasteiger partial charge on any atom is -0.397 e. The van der Waals surface area contributed by atoms with Crippen molar-refractivity contribution in [3.05, 3.63) is 65.5 Å². The number of hydrogen-bond donors (Lipinski definition) is 3. The molecular weight excluding hydrogens is 416 g/mol. The molecule has 4 rings (SSSR count). The Labute approximate surface area is 182 Å². The molecule has 0 saturated heterocycles. The van der Waals surface area contributed by atoms with E-state index in [1.807, 2.05) is 60.7 Å². The number of nitrogens with one attached hydrogen (secondary N) is 1. The summed E-state index contributed by atoms with van der Waals surface area (Å²) in [6, 6.07) is 19.6. The molecular formula is C21H18N6OS2. The van der Waals surface area contributed by atoms with Crippen LogP contribution < -0.4 is 16.9 Å². The van der Waals surface area contributed by atoms with E-state index in [2.05, 4.69) is 15.6 Å². The maximum absolute atomic E-state index is 12.8. The summed E-state index contributed by atoms with van der Waals surface area (Å²) in [6.45, 7) is 0. The molecule has 0 radical (unpaired) electrons. The van der Waals surface area contributed by atoms with Gasteiger partial charge in [0.2, 0.25) is 0 Å². The molecule has 2 aromatic heterocycles. The second-order valence-corrected chi connectivity index (χ2v) is 7.94. The third-order valence-electron chi connectivity index (χ3n) is 4.57. The molecule has 0 aliphatic carbocycles. The fourth-order valence-electron chi connectivity index (χ4n) is 3.12. The van der Waals surface area contributed by atoms with Gasteiger partial charge in [0, 0.05) is 23.6 Å². The molecule has 2 aromatic carbocycles. The number of thiophene rings is 1. The van der Waals surface area contributed by atoms with Crippen LogP contribution in [0.2, 0.25) is 0 Å². The number of benzene rings is 2. The van der Waals surface area contributed by atoms with E-state index in [9.17, 15) is 4.79 Å². The van der Waals surface area contributed by atoms with Gasteiger partial charge in [0.1, 0.15) is 15.4 Å². The summed E-state index contributed by atoms with van der Waals surface area (Å²) in [7, 11) is 1.56. The van der Waals surface area contributed by atoms with Crippen LogP contribution in [0, 0.1) is 0 Å². The number of fused-ring (bicyclic) bond motifs is 1. The Bertz CT molecular complexity index is 1240. The van der Waals surface area contributed by atoms with E-state index in [0.717, 1.165) is 16.7 Å². The van der Waals surface area contributed by atoms with Gasteiger partial charge in [-0.1, -0.05) is 60.7 Å². The largest absolute Gasteiger partial charge is 0.397 e. The number of amides is 1. The normalized spacial score (nSPS) is 10.7. The van der Waals surface area contributed by atoms with E-state index in [1.54, 1.807) is 7.05 Å². The summed E-state index contributed by atoms with van der Waals surface area (Å²) < 4.78 is 0. The van der Waals surface area contributed by atoms with Crippen molar-refractivity contribution in [1.82, 2.24) is 20.6 Å². The van der Waals surface area contributed by atoms with Crippen LogP contribution in [-0.4, -0.2) is 33.3 Å². The Morgan fingerprint density at radius 2 is 1.63 bits per heavy atom. The Hall–Kier alpha value is -3.56. The number of nitrogens with two attached hydrogens (primary N) is 2. The minimum atomic E-state index is -0.411. The fraction of sp³-hybridized carbons (Fsp3) is 0.0476. The van der Waals surface area contributed by atoms with Crippen LogP contribution in [0.1, 0.15) is 9.67 Å². The molecule has 0 unspecified atom stereocenters. The highest BCUT2D eigenvalue weighted by Crippen LogP contribution is 2.42. The van der Waals surface area contributed by atoms with E-state index in [0.29, 0.717) is 26.5 Å². The van der Waals surface area contributed by atoms with E-state index in [-0.39, 0.29) is 5.11 Å². The predicted molar refractivity (Wildman–Crippen MR) is 125 cm³/mol. The smallest absolute Gasteiger partial charge is 0.282 e.